The number of hydrogen-bond acceptors (Lipinski definition) is 5. The molecule has 130 valence electrons. The lowest BCUT2D eigenvalue weighted by Gasteiger charge is -2.34. The third-order valence-electron chi connectivity index (χ3n) is 4.93. The molecule has 25 heavy (non-hydrogen) atoms. The van der Waals surface area contributed by atoms with E-state index in [0.29, 0.717) is 0 Å². The molecule has 3 aromatic rings. The molecule has 4 rings (SSSR count). The van der Waals surface area contributed by atoms with E-state index in [2.05, 4.69) is 51.2 Å². The number of hydrogen-bond donors (Lipinski definition) is 2. The highest BCUT2D eigenvalue weighted by molar-refractivity contribution is 5.87. The van der Waals surface area contributed by atoms with Gasteiger partial charge in [0.15, 0.2) is 0 Å². The van der Waals surface area contributed by atoms with E-state index in [9.17, 15) is 0 Å². The van der Waals surface area contributed by atoms with Crippen molar-refractivity contribution in [1.82, 2.24) is 19.9 Å². The van der Waals surface area contributed by atoms with E-state index in [1.54, 1.807) is 6.20 Å². The highest BCUT2D eigenvalue weighted by Crippen LogP contribution is 2.30. The SMILES string of the molecule is CNc1ncccc1-c1nc2c(C)cc(N3CCN(C)CC3)cc2[nH]1. The first-order chi connectivity index (χ1) is 12.2. The van der Waals surface area contributed by atoms with Crippen LogP contribution in [0.5, 0.6) is 0 Å². The van der Waals surface area contributed by atoms with Crippen LogP contribution in [0.15, 0.2) is 30.5 Å². The summed E-state index contributed by atoms with van der Waals surface area (Å²) in [5.74, 6) is 1.68. The number of aryl methyl sites for hydroxylation is 1. The summed E-state index contributed by atoms with van der Waals surface area (Å²) in [4.78, 5) is 17.5. The van der Waals surface area contributed by atoms with Gasteiger partial charge in [-0.1, -0.05) is 0 Å². The molecule has 0 atom stereocenters. The van der Waals surface area contributed by atoms with Crippen molar-refractivity contribution in [2.24, 2.45) is 0 Å². The number of piperazine rings is 1. The van der Waals surface area contributed by atoms with Crippen molar-refractivity contribution in [3.63, 3.8) is 0 Å². The molecule has 2 N–H and O–H groups in total. The molecule has 0 bridgehead atoms. The lowest BCUT2D eigenvalue weighted by molar-refractivity contribution is 0.313. The lowest BCUT2D eigenvalue weighted by atomic mass is 10.1. The zero-order valence-corrected chi connectivity index (χ0v) is 15.0. The molecule has 1 saturated heterocycles. The molecule has 3 heterocycles. The van der Waals surface area contributed by atoms with E-state index in [0.717, 1.165) is 54.4 Å². The van der Waals surface area contributed by atoms with Crippen molar-refractivity contribution in [2.75, 3.05) is 50.5 Å². The molecule has 1 fully saturated rings. The summed E-state index contributed by atoms with van der Waals surface area (Å²) in [7, 11) is 4.06. The third-order valence-corrected chi connectivity index (χ3v) is 4.93. The molecule has 0 amide bonds. The smallest absolute Gasteiger partial charge is 0.142 e. The topological polar surface area (TPSA) is 60.1 Å². The van der Waals surface area contributed by atoms with Gasteiger partial charge >= 0.3 is 0 Å². The number of aromatic amines is 1. The van der Waals surface area contributed by atoms with Gasteiger partial charge in [0, 0.05) is 45.1 Å². The Hall–Kier alpha value is -2.60. The molecule has 0 radical (unpaired) electrons. The Bertz CT molecular complexity index is 892. The maximum Gasteiger partial charge on any atom is 0.142 e. The number of nitrogens with zero attached hydrogens (tertiary/aromatic N) is 4. The molecule has 0 unspecified atom stereocenters. The Labute approximate surface area is 147 Å². The first-order valence-corrected chi connectivity index (χ1v) is 8.72. The first kappa shape index (κ1) is 15.9. The first-order valence-electron chi connectivity index (χ1n) is 8.72. The summed E-state index contributed by atoms with van der Waals surface area (Å²) in [5, 5.41) is 3.14. The van der Waals surface area contributed by atoms with Crippen LogP contribution in [0, 0.1) is 6.92 Å². The van der Waals surface area contributed by atoms with E-state index in [4.69, 9.17) is 4.98 Å². The number of H-pyrrole nitrogens is 1. The van der Waals surface area contributed by atoms with Gasteiger partial charge in [0.05, 0.1) is 16.6 Å². The maximum atomic E-state index is 4.83. The minimum atomic E-state index is 0.832. The predicted octanol–water partition coefficient (Wildman–Crippen LogP) is 2.73. The van der Waals surface area contributed by atoms with Gasteiger partial charge in [0.25, 0.3) is 0 Å². The van der Waals surface area contributed by atoms with Gasteiger partial charge in [-0.05, 0) is 43.8 Å². The maximum absolute atomic E-state index is 4.83. The second-order valence-corrected chi connectivity index (χ2v) is 6.68. The highest BCUT2D eigenvalue weighted by Gasteiger charge is 2.17. The number of pyridine rings is 1. The predicted molar refractivity (Wildman–Crippen MR) is 103 cm³/mol. The van der Waals surface area contributed by atoms with Crippen LogP contribution in [0.2, 0.25) is 0 Å². The quantitative estimate of drug-likeness (QED) is 0.770. The van der Waals surface area contributed by atoms with Crippen LogP contribution in [0.1, 0.15) is 5.56 Å². The Kier molecular flexibility index (Phi) is 4.05. The van der Waals surface area contributed by atoms with Crippen LogP contribution in [-0.2, 0) is 0 Å². The zero-order valence-electron chi connectivity index (χ0n) is 15.0. The Morgan fingerprint density at radius 2 is 1.96 bits per heavy atom. The number of benzene rings is 1. The van der Waals surface area contributed by atoms with Gasteiger partial charge in [-0.3, -0.25) is 0 Å². The largest absolute Gasteiger partial charge is 0.373 e. The van der Waals surface area contributed by atoms with E-state index in [1.165, 1.54) is 11.3 Å². The molecule has 1 aliphatic rings. The van der Waals surface area contributed by atoms with E-state index in [-0.39, 0.29) is 0 Å². The molecular weight excluding hydrogens is 312 g/mol. The minimum Gasteiger partial charge on any atom is -0.373 e. The average molecular weight is 336 g/mol. The second kappa shape index (κ2) is 6.37. The summed E-state index contributed by atoms with van der Waals surface area (Å²) in [5.41, 5.74) is 5.56. The molecule has 0 aliphatic carbocycles. The molecule has 0 spiro atoms. The number of rotatable bonds is 3. The fraction of sp³-hybridized carbons (Fsp3) is 0.368. The number of nitrogens with one attached hydrogen (secondary N) is 2. The van der Waals surface area contributed by atoms with Crippen molar-refractivity contribution < 1.29 is 0 Å². The highest BCUT2D eigenvalue weighted by atomic mass is 15.2. The normalized spacial score (nSPS) is 15.7. The van der Waals surface area contributed by atoms with Crippen LogP contribution in [-0.4, -0.2) is 60.1 Å². The van der Waals surface area contributed by atoms with Crippen LogP contribution < -0.4 is 10.2 Å². The van der Waals surface area contributed by atoms with Crippen LogP contribution >= 0.6 is 0 Å². The zero-order chi connectivity index (χ0) is 17.4. The van der Waals surface area contributed by atoms with Crippen molar-refractivity contribution in [2.45, 2.75) is 6.92 Å². The van der Waals surface area contributed by atoms with Crippen molar-refractivity contribution in [1.29, 1.82) is 0 Å². The summed E-state index contributed by atoms with van der Waals surface area (Å²) >= 11 is 0. The Morgan fingerprint density at radius 3 is 2.72 bits per heavy atom. The molecular formula is C19H24N6. The van der Waals surface area contributed by atoms with Gasteiger partial charge in [-0.2, -0.15) is 0 Å². The average Bonchev–Trinajstić information content (AvgIpc) is 3.07. The molecule has 2 aromatic heterocycles. The summed E-state index contributed by atoms with van der Waals surface area (Å²) < 4.78 is 0. The number of anilines is 2. The molecule has 1 aliphatic heterocycles. The standard InChI is InChI=1S/C19H24N6/c1-13-11-14(25-9-7-24(3)8-10-25)12-16-17(13)23-19(22-16)15-5-4-6-21-18(15)20-2/h4-6,11-12H,7-10H2,1-3H3,(H,20,21)(H,22,23). The Balaban J connectivity index is 1.74. The number of aromatic nitrogens is 3. The molecule has 6 nitrogen and oxygen atoms in total. The van der Waals surface area contributed by atoms with Crippen LogP contribution in [0.25, 0.3) is 22.4 Å². The van der Waals surface area contributed by atoms with Crippen molar-refractivity contribution in [3.05, 3.63) is 36.0 Å². The summed E-state index contributed by atoms with van der Waals surface area (Å²) in [6.07, 6.45) is 1.79. The van der Waals surface area contributed by atoms with E-state index in [1.807, 2.05) is 19.2 Å². The molecule has 0 saturated carbocycles. The van der Waals surface area contributed by atoms with Gasteiger partial charge < -0.3 is 20.1 Å². The van der Waals surface area contributed by atoms with Gasteiger partial charge in [0.1, 0.15) is 11.6 Å². The van der Waals surface area contributed by atoms with Gasteiger partial charge in [0.2, 0.25) is 0 Å². The fourth-order valence-electron chi connectivity index (χ4n) is 3.44. The third kappa shape index (κ3) is 2.93. The number of fused-ring (bicyclic) bond motifs is 1. The summed E-state index contributed by atoms with van der Waals surface area (Å²) in [6, 6.07) is 8.44. The monoisotopic (exact) mass is 336 g/mol. The van der Waals surface area contributed by atoms with Gasteiger partial charge in [-0.15, -0.1) is 0 Å². The van der Waals surface area contributed by atoms with Crippen LogP contribution in [0.3, 0.4) is 0 Å². The second-order valence-electron chi connectivity index (χ2n) is 6.68. The van der Waals surface area contributed by atoms with E-state index < -0.39 is 0 Å². The lowest BCUT2D eigenvalue weighted by Crippen LogP contribution is -2.44. The van der Waals surface area contributed by atoms with E-state index >= 15 is 0 Å². The number of likely N-dealkylation sites (N-methyl/N-ethyl adjacent to an activating group) is 1. The van der Waals surface area contributed by atoms with Crippen molar-refractivity contribution >= 4 is 22.5 Å². The molecule has 6 heteroatoms. The van der Waals surface area contributed by atoms with Crippen LogP contribution in [0.4, 0.5) is 11.5 Å². The van der Waals surface area contributed by atoms with Crippen molar-refractivity contribution in [3.8, 4) is 11.4 Å². The summed E-state index contributed by atoms with van der Waals surface area (Å²) in [6.45, 7) is 6.47. The minimum absolute atomic E-state index is 0.832. The fourth-order valence-corrected chi connectivity index (χ4v) is 3.44. The molecule has 1 aromatic carbocycles. The van der Waals surface area contributed by atoms with Gasteiger partial charge in [-0.25, -0.2) is 9.97 Å². The Morgan fingerprint density at radius 1 is 1.16 bits per heavy atom. The number of imidazole rings is 1.